The lowest BCUT2D eigenvalue weighted by Gasteiger charge is -2.53. The van der Waals surface area contributed by atoms with Crippen LogP contribution >= 0.6 is 11.8 Å². The fourth-order valence-corrected chi connectivity index (χ4v) is 5.76. The lowest BCUT2D eigenvalue weighted by Crippen LogP contribution is -2.72. The van der Waals surface area contributed by atoms with Gasteiger partial charge < -0.3 is 15.4 Å². The minimum Gasteiger partial charge on any atom is -0.452 e. The smallest absolute Gasteiger partial charge is 0.317 e. The van der Waals surface area contributed by atoms with Crippen molar-refractivity contribution in [3.63, 3.8) is 0 Å². The fourth-order valence-electron chi connectivity index (χ4n) is 4.29. The van der Waals surface area contributed by atoms with E-state index in [1.54, 1.807) is 11.8 Å². The number of hydrogen-bond donors (Lipinski definition) is 1. The van der Waals surface area contributed by atoms with Gasteiger partial charge in [0.15, 0.2) is 11.9 Å². The third-order valence-corrected chi connectivity index (χ3v) is 7.65. The number of amides is 1. The second kappa shape index (κ2) is 8.60. The Labute approximate surface area is 195 Å². The van der Waals surface area contributed by atoms with Crippen LogP contribution in [-0.4, -0.2) is 60.7 Å². The van der Waals surface area contributed by atoms with E-state index in [0.29, 0.717) is 11.6 Å². The average molecular weight is 465 g/mol. The van der Waals surface area contributed by atoms with Gasteiger partial charge in [0.2, 0.25) is 5.91 Å². The maximum atomic E-state index is 13.9. The number of nitrogens with two attached hydrogens (primary N) is 1. The minimum atomic E-state index is -1.04. The van der Waals surface area contributed by atoms with Gasteiger partial charge in [-0.3, -0.25) is 9.59 Å². The topological polar surface area (TPSA) is 116 Å². The first kappa shape index (κ1) is 21.6. The van der Waals surface area contributed by atoms with Crippen molar-refractivity contribution in [1.82, 2.24) is 25.1 Å². The van der Waals surface area contributed by atoms with Gasteiger partial charge in [0.1, 0.15) is 16.8 Å². The quantitative estimate of drug-likeness (QED) is 0.431. The van der Waals surface area contributed by atoms with Gasteiger partial charge in [-0.2, -0.15) is 4.80 Å². The van der Waals surface area contributed by atoms with Crippen molar-refractivity contribution < 1.29 is 14.3 Å². The van der Waals surface area contributed by atoms with Gasteiger partial charge in [-0.25, -0.2) is 0 Å². The van der Waals surface area contributed by atoms with Crippen LogP contribution in [0, 0.1) is 12.3 Å². The molecule has 2 fully saturated rings. The van der Waals surface area contributed by atoms with Crippen molar-refractivity contribution in [1.29, 1.82) is 0 Å². The number of tetrazole rings is 1. The van der Waals surface area contributed by atoms with E-state index < -0.39 is 23.5 Å². The molecule has 2 unspecified atom stereocenters. The first-order valence-corrected chi connectivity index (χ1v) is 11.7. The van der Waals surface area contributed by atoms with E-state index in [4.69, 9.17) is 10.5 Å². The van der Waals surface area contributed by atoms with Crippen molar-refractivity contribution in [2.75, 3.05) is 12.3 Å². The molecule has 0 radical (unpaired) electrons. The molecule has 2 aromatic carbocycles. The lowest BCUT2D eigenvalue weighted by atomic mass is 9.87. The van der Waals surface area contributed by atoms with Gasteiger partial charge in [0.25, 0.3) is 0 Å². The highest BCUT2D eigenvalue weighted by atomic mass is 32.2. The number of thioether (sulfide) groups is 1. The third kappa shape index (κ3) is 4.00. The van der Waals surface area contributed by atoms with E-state index in [0.717, 1.165) is 11.1 Å². The summed E-state index contributed by atoms with van der Waals surface area (Å²) in [6.45, 7) is 2.09. The maximum absolute atomic E-state index is 13.9. The summed E-state index contributed by atoms with van der Waals surface area (Å²) in [6.07, 6.45) is -0.584. The number of fused-ring (bicyclic) bond motifs is 1. The van der Waals surface area contributed by atoms with Gasteiger partial charge in [-0.15, -0.1) is 22.0 Å². The number of aromatic nitrogens is 4. The number of β-lactam (4-membered cyclic amide) rings is 1. The molecule has 0 aliphatic carbocycles. The van der Waals surface area contributed by atoms with E-state index in [1.165, 1.54) is 16.6 Å². The molecule has 170 valence electrons. The van der Waals surface area contributed by atoms with Crippen molar-refractivity contribution in [3.8, 4) is 0 Å². The predicted octanol–water partition coefficient (Wildman–Crippen LogP) is 1.54. The number of nitrogens with zero attached hydrogens (tertiary/aromatic N) is 5. The average Bonchev–Trinajstić information content (AvgIpc) is 3.27. The monoisotopic (exact) mass is 464 g/mol. The molecule has 0 spiro atoms. The van der Waals surface area contributed by atoms with Crippen LogP contribution in [0.3, 0.4) is 0 Å². The van der Waals surface area contributed by atoms with Crippen LogP contribution in [0.1, 0.15) is 23.1 Å². The molecule has 9 nitrogen and oxygen atoms in total. The molecule has 0 saturated carbocycles. The molecular formula is C23H24N6O3S. The number of rotatable bonds is 6. The second-order valence-corrected chi connectivity index (χ2v) is 9.55. The van der Waals surface area contributed by atoms with E-state index in [9.17, 15) is 9.59 Å². The Balaban J connectivity index is 1.47. The van der Waals surface area contributed by atoms with Gasteiger partial charge in [0, 0.05) is 12.3 Å². The molecule has 3 heterocycles. The van der Waals surface area contributed by atoms with Crippen LogP contribution in [0.25, 0.3) is 0 Å². The highest BCUT2D eigenvalue weighted by Gasteiger charge is 2.57. The summed E-state index contributed by atoms with van der Waals surface area (Å²) in [5, 5.41) is 12.1. The van der Waals surface area contributed by atoms with E-state index in [2.05, 4.69) is 15.4 Å². The molecule has 10 heteroatoms. The van der Waals surface area contributed by atoms with Gasteiger partial charge in [0.05, 0.1) is 6.54 Å². The third-order valence-electron chi connectivity index (χ3n) is 6.05. The molecule has 3 aromatic rings. The highest BCUT2D eigenvalue weighted by molar-refractivity contribution is 8.00. The minimum absolute atomic E-state index is 0.122. The number of carbonyl (C=O) groups excluding carboxylic acids is 2. The Bertz CT molecular complexity index is 1120. The summed E-state index contributed by atoms with van der Waals surface area (Å²) >= 11 is 1.49. The van der Waals surface area contributed by atoms with E-state index >= 15 is 0 Å². The highest BCUT2D eigenvalue weighted by Crippen LogP contribution is 2.43. The second-order valence-electron chi connectivity index (χ2n) is 8.45. The number of hydrogen-bond acceptors (Lipinski definition) is 8. The molecule has 5 rings (SSSR count). The normalized spacial score (nSPS) is 24.3. The zero-order valence-corrected chi connectivity index (χ0v) is 18.9. The Morgan fingerprint density at radius 3 is 2.39 bits per heavy atom. The number of carbonyl (C=O) groups is 2. The van der Waals surface area contributed by atoms with Crippen molar-refractivity contribution in [2.45, 2.75) is 31.0 Å². The van der Waals surface area contributed by atoms with Crippen LogP contribution in [0.15, 0.2) is 60.7 Å². The largest absolute Gasteiger partial charge is 0.452 e. The van der Waals surface area contributed by atoms with Crippen molar-refractivity contribution in [3.05, 3.63) is 77.6 Å². The lowest BCUT2D eigenvalue weighted by molar-refractivity contribution is -0.166. The summed E-state index contributed by atoms with van der Waals surface area (Å²) in [5.74, 6) is 0.378. The Kier molecular flexibility index (Phi) is 5.63. The molecular weight excluding hydrogens is 440 g/mol. The van der Waals surface area contributed by atoms with Crippen molar-refractivity contribution >= 4 is 23.6 Å². The maximum Gasteiger partial charge on any atom is 0.317 e. The zero-order chi connectivity index (χ0) is 23.0. The van der Waals surface area contributed by atoms with Crippen LogP contribution < -0.4 is 5.73 Å². The van der Waals surface area contributed by atoms with Gasteiger partial charge in [-0.05, 0) is 23.3 Å². The standard InChI is InChI=1S/C23H24N6O3S/c1-15-25-27-29(26-15)13-23(12-28-20(30)18(24)21(28)33-14-23)22(31)32-19(16-8-4-2-5-9-16)17-10-6-3-7-11-17/h2-11,18-19,21H,12-14,24H2,1H3/t18?,21-,23?/m1/s1. The Morgan fingerprint density at radius 2 is 1.82 bits per heavy atom. The van der Waals surface area contributed by atoms with Gasteiger partial charge >= 0.3 is 5.97 Å². The summed E-state index contributed by atoms with van der Waals surface area (Å²) in [4.78, 5) is 29.3. The van der Waals surface area contributed by atoms with E-state index in [-0.39, 0.29) is 24.4 Å². The van der Waals surface area contributed by atoms with Crippen LogP contribution in [0.2, 0.25) is 0 Å². The summed E-state index contributed by atoms with van der Waals surface area (Å²) < 4.78 is 6.20. The van der Waals surface area contributed by atoms with Crippen LogP contribution in [0.4, 0.5) is 0 Å². The number of ether oxygens (including phenoxy) is 1. The predicted molar refractivity (Wildman–Crippen MR) is 122 cm³/mol. The molecule has 1 amide bonds. The first-order valence-electron chi connectivity index (χ1n) is 10.7. The summed E-state index contributed by atoms with van der Waals surface area (Å²) in [6, 6.07) is 18.7. The molecule has 2 saturated heterocycles. The molecule has 2 N–H and O–H groups in total. The Morgan fingerprint density at radius 1 is 1.18 bits per heavy atom. The zero-order valence-electron chi connectivity index (χ0n) is 18.1. The SMILES string of the molecule is Cc1nnn(CC2(C(=O)OC(c3ccccc3)c3ccccc3)CS[C@@H]3C(N)C(=O)N3C2)n1. The van der Waals surface area contributed by atoms with E-state index in [1.807, 2.05) is 60.7 Å². The van der Waals surface area contributed by atoms with Crippen LogP contribution in [0.5, 0.6) is 0 Å². The number of esters is 1. The molecule has 1 aromatic heterocycles. The summed E-state index contributed by atoms with van der Waals surface area (Å²) in [5.41, 5.74) is 6.66. The Hall–Kier alpha value is -3.24. The molecule has 0 bridgehead atoms. The van der Waals surface area contributed by atoms with Gasteiger partial charge in [-0.1, -0.05) is 60.7 Å². The fraction of sp³-hybridized carbons (Fsp3) is 0.348. The molecule has 2 aliphatic heterocycles. The number of benzene rings is 2. The molecule has 3 atom stereocenters. The van der Waals surface area contributed by atoms with Crippen LogP contribution in [-0.2, 0) is 20.9 Å². The first-order chi connectivity index (χ1) is 16.0. The molecule has 33 heavy (non-hydrogen) atoms. The summed E-state index contributed by atoms with van der Waals surface area (Å²) in [7, 11) is 0. The molecule has 2 aliphatic rings. The number of aryl methyl sites for hydroxylation is 1. The van der Waals surface area contributed by atoms with Crippen molar-refractivity contribution in [2.24, 2.45) is 11.1 Å².